The molecule has 3 rings (SSSR count). The molecular formula is C18H28N2. The van der Waals surface area contributed by atoms with Crippen molar-refractivity contribution in [1.82, 2.24) is 10.2 Å². The van der Waals surface area contributed by atoms with Gasteiger partial charge < -0.3 is 5.32 Å². The second kappa shape index (κ2) is 5.16. The first-order chi connectivity index (χ1) is 9.48. The standard InChI is InChI=1S/C18H28N2/c1-17(2,3)18-9-16(10-19-13-18)12-20(14-18)11-15-7-5-4-6-8-15/h4-8,16,19H,9-14H2,1-3H3. The van der Waals surface area contributed by atoms with Crippen molar-refractivity contribution < 1.29 is 0 Å². The Kier molecular flexibility index (Phi) is 3.64. The van der Waals surface area contributed by atoms with Crippen LogP contribution in [0.4, 0.5) is 0 Å². The summed E-state index contributed by atoms with van der Waals surface area (Å²) in [5.41, 5.74) is 2.25. The molecule has 2 fully saturated rings. The largest absolute Gasteiger partial charge is 0.316 e. The smallest absolute Gasteiger partial charge is 0.0234 e. The van der Waals surface area contributed by atoms with Crippen LogP contribution in [0.3, 0.4) is 0 Å². The average Bonchev–Trinajstić information content (AvgIpc) is 2.38. The molecule has 0 aromatic heterocycles. The lowest BCUT2D eigenvalue weighted by molar-refractivity contribution is -0.0545. The normalized spacial score (nSPS) is 31.2. The summed E-state index contributed by atoms with van der Waals surface area (Å²) in [6, 6.07) is 10.9. The molecule has 1 N–H and O–H groups in total. The van der Waals surface area contributed by atoms with Crippen LogP contribution in [0.15, 0.2) is 30.3 Å². The third kappa shape index (κ3) is 2.64. The van der Waals surface area contributed by atoms with Gasteiger partial charge in [0.05, 0.1) is 0 Å². The predicted octanol–water partition coefficient (Wildman–Crippen LogP) is 3.14. The van der Waals surface area contributed by atoms with E-state index in [0.717, 1.165) is 12.5 Å². The lowest BCUT2D eigenvalue weighted by atomic mass is 9.59. The lowest BCUT2D eigenvalue weighted by Gasteiger charge is -2.56. The minimum absolute atomic E-state index is 0.369. The van der Waals surface area contributed by atoms with Gasteiger partial charge in [0.15, 0.2) is 0 Å². The molecule has 2 bridgehead atoms. The quantitative estimate of drug-likeness (QED) is 0.890. The Bertz CT molecular complexity index is 448. The van der Waals surface area contributed by atoms with Crippen molar-refractivity contribution in [3.63, 3.8) is 0 Å². The fourth-order valence-corrected chi connectivity index (χ4v) is 4.09. The zero-order valence-corrected chi connectivity index (χ0v) is 13.2. The van der Waals surface area contributed by atoms with Crippen LogP contribution in [0, 0.1) is 16.7 Å². The van der Waals surface area contributed by atoms with Crippen molar-refractivity contribution in [1.29, 1.82) is 0 Å². The van der Waals surface area contributed by atoms with Crippen molar-refractivity contribution in [3.8, 4) is 0 Å². The van der Waals surface area contributed by atoms with E-state index in [0.29, 0.717) is 10.8 Å². The molecule has 2 aliphatic rings. The molecule has 0 spiro atoms. The molecule has 0 radical (unpaired) electrons. The molecule has 1 aromatic rings. The third-order valence-corrected chi connectivity index (χ3v) is 5.46. The van der Waals surface area contributed by atoms with Gasteiger partial charge in [-0.1, -0.05) is 51.1 Å². The van der Waals surface area contributed by atoms with E-state index in [1.807, 2.05) is 0 Å². The average molecular weight is 272 g/mol. The Hall–Kier alpha value is -0.860. The topological polar surface area (TPSA) is 15.3 Å². The molecule has 1 aromatic carbocycles. The number of fused-ring (bicyclic) bond motifs is 2. The van der Waals surface area contributed by atoms with E-state index in [4.69, 9.17) is 0 Å². The first-order valence-electron chi connectivity index (χ1n) is 7.96. The zero-order chi connectivity index (χ0) is 14.2. The van der Waals surface area contributed by atoms with Gasteiger partial charge in [0.2, 0.25) is 0 Å². The van der Waals surface area contributed by atoms with Crippen LogP contribution in [0.1, 0.15) is 32.8 Å². The Balaban J connectivity index is 1.78. The molecular weight excluding hydrogens is 244 g/mol. The fraction of sp³-hybridized carbons (Fsp3) is 0.667. The number of piperidine rings is 2. The van der Waals surface area contributed by atoms with Crippen LogP contribution in [0.2, 0.25) is 0 Å². The van der Waals surface area contributed by atoms with E-state index in [1.54, 1.807) is 0 Å². The van der Waals surface area contributed by atoms with Gasteiger partial charge in [0.1, 0.15) is 0 Å². The minimum atomic E-state index is 0.369. The van der Waals surface area contributed by atoms with Crippen molar-refractivity contribution in [2.24, 2.45) is 16.7 Å². The number of nitrogens with one attached hydrogen (secondary N) is 1. The van der Waals surface area contributed by atoms with Crippen LogP contribution < -0.4 is 5.32 Å². The zero-order valence-electron chi connectivity index (χ0n) is 13.2. The van der Waals surface area contributed by atoms with Gasteiger partial charge in [-0.15, -0.1) is 0 Å². The first kappa shape index (κ1) is 14.1. The summed E-state index contributed by atoms with van der Waals surface area (Å²) in [5, 5.41) is 3.69. The van der Waals surface area contributed by atoms with E-state index in [1.165, 1.54) is 38.2 Å². The highest BCUT2D eigenvalue weighted by molar-refractivity contribution is 5.15. The van der Waals surface area contributed by atoms with E-state index in [-0.39, 0.29) is 0 Å². The predicted molar refractivity (Wildman–Crippen MR) is 84.6 cm³/mol. The number of benzene rings is 1. The molecule has 0 amide bonds. The summed E-state index contributed by atoms with van der Waals surface area (Å²) in [6.45, 7) is 13.2. The SMILES string of the molecule is CC(C)(C)C12CNCC(CN(Cc3ccccc3)C1)C2. The first-order valence-corrected chi connectivity index (χ1v) is 7.96. The Labute approximate surface area is 123 Å². The highest BCUT2D eigenvalue weighted by atomic mass is 15.2. The van der Waals surface area contributed by atoms with Crippen molar-refractivity contribution in [2.45, 2.75) is 33.7 Å². The Morgan fingerprint density at radius 1 is 1.25 bits per heavy atom. The van der Waals surface area contributed by atoms with Gasteiger partial charge in [0.25, 0.3) is 0 Å². The summed E-state index contributed by atoms with van der Waals surface area (Å²) < 4.78 is 0. The molecule has 20 heavy (non-hydrogen) atoms. The maximum Gasteiger partial charge on any atom is 0.0234 e. The number of hydrogen-bond donors (Lipinski definition) is 1. The third-order valence-electron chi connectivity index (χ3n) is 5.46. The second-order valence-corrected chi connectivity index (χ2v) is 7.89. The number of rotatable bonds is 2. The van der Waals surface area contributed by atoms with Crippen molar-refractivity contribution in [3.05, 3.63) is 35.9 Å². The van der Waals surface area contributed by atoms with Gasteiger partial charge in [-0.25, -0.2) is 0 Å². The molecule has 2 unspecified atom stereocenters. The highest BCUT2D eigenvalue weighted by Crippen LogP contribution is 2.48. The van der Waals surface area contributed by atoms with Crippen molar-refractivity contribution >= 4 is 0 Å². The monoisotopic (exact) mass is 272 g/mol. The molecule has 0 saturated carbocycles. The maximum atomic E-state index is 3.69. The summed E-state index contributed by atoms with van der Waals surface area (Å²) in [7, 11) is 0. The van der Waals surface area contributed by atoms with Crippen LogP contribution in [0.5, 0.6) is 0 Å². The number of likely N-dealkylation sites (tertiary alicyclic amines) is 1. The van der Waals surface area contributed by atoms with Crippen LogP contribution in [-0.4, -0.2) is 31.1 Å². The van der Waals surface area contributed by atoms with Crippen LogP contribution in [-0.2, 0) is 6.54 Å². The van der Waals surface area contributed by atoms with Gasteiger partial charge in [-0.3, -0.25) is 4.90 Å². The van der Waals surface area contributed by atoms with Crippen LogP contribution >= 0.6 is 0 Å². The van der Waals surface area contributed by atoms with Gasteiger partial charge >= 0.3 is 0 Å². The maximum absolute atomic E-state index is 3.69. The Morgan fingerprint density at radius 2 is 2.00 bits per heavy atom. The van der Waals surface area contributed by atoms with E-state index < -0.39 is 0 Å². The lowest BCUT2D eigenvalue weighted by Crippen LogP contribution is -2.62. The molecule has 2 heterocycles. The van der Waals surface area contributed by atoms with Gasteiger partial charge in [-0.05, 0) is 29.9 Å². The van der Waals surface area contributed by atoms with E-state index in [9.17, 15) is 0 Å². The molecule has 2 heteroatoms. The molecule has 2 aliphatic heterocycles. The second-order valence-electron chi connectivity index (χ2n) is 7.89. The fourth-order valence-electron chi connectivity index (χ4n) is 4.09. The van der Waals surface area contributed by atoms with Gasteiger partial charge in [-0.2, -0.15) is 0 Å². The van der Waals surface area contributed by atoms with E-state index >= 15 is 0 Å². The summed E-state index contributed by atoms with van der Waals surface area (Å²) in [6.07, 6.45) is 1.40. The minimum Gasteiger partial charge on any atom is -0.316 e. The number of nitrogens with zero attached hydrogens (tertiary/aromatic N) is 1. The number of hydrogen-bond acceptors (Lipinski definition) is 2. The summed E-state index contributed by atoms with van der Waals surface area (Å²) in [5.74, 6) is 0.820. The van der Waals surface area contributed by atoms with Crippen molar-refractivity contribution in [2.75, 3.05) is 26.2 Å². The Morgan fingerprint density at radius 3 is 2.70 bits per heavy atom. The highest BCUT2D eigenvalue weighted by Gasteiger charge is 2.49. The summed E-state index contributed by atoms with van der Waals surface area (Å²) >= 11 is 0. The van der Waals surface area contributed by atoms with Gasteiger partial charge in [0, 0.05) is 31.6 Å². The molecule has 2 nitrogen and oxygen atoms in total. The summed E-state index contributed by atoms with van der Waals surface area (Å²) in [4.78, 5) is 2.69. The molecule has 2 atom stereocenters. The van der Waals surface area contributed by atoms with Crippen LogP contribution in [0.25, 0.3) is 0 Å². The molecule has 0 aliphatic carbocycles. The molecule has 2 saturated heterocycles. The van der Waals surface area contributed by atoms with E-state index in [2.05, 4.69) is 61.3 Å². The molecule has 110 valence electrons.